The van der Waals surface area contributed by atoms with Crippen LogP contribution in [0.15, 0.2) is 42.5 Å². The van der Waals surface area contributed by atoms with Crippen LogP contribution in [0.1, 0.15) is 16.7 Å². The van der Waals surface area contributed by atoms with E-state index in [2.05, 4.69) is 0 Å². The Morgan fingerprint density at radius 3 is 2.19 bits per heavy atom. The lowest BCUT2D eigenvalue weighted by Gasteiger charge is -2.09. The van der Waals surface area contributed by atoms with Gasteiger partial charge in [0, 0.05) is 12.8 Å². The quantitative estimate of drug-likeness (QED) is 0.816. The van der Waals surface area contributed by atoms with Gasteiger partial charge in [0.15, 0.2) is 11.5 Å². The van der Waals surface area contributed by atoms with E-state index in [1.54, 1.807) is 14.2 Å². The van der Waals surface area contributed by atoms with Crippen molar-refractivity contribution >= 4 is 5.78 Å². The van der Waals surface area contributed by atoms with Gasteiger partial charge in [-0.2, -0.15) is 0 Å². The molecule has 0 spiro atoms. The Hall–Kier alpha value is -2.29. The number of ether oxygens (including phenoxy) is 2. The molecule has 21 heavy (non-hydrogen) atoms. The summed E-state index contributed by atoms with van der Waals surface area (Å²) in [6.07, 6.45) is 0.852. The SMILES string of the molecule is COc1ccc(CC(=O)Cc2cccc(C)c2)cc1OC. The van der Waals surface area contributed by atoms with Gasteiger partial charge in [0.25, 0.3) is 0 Å². The lowest BCUT2D eigenvalue weighted by molar-refractivity contribution is -0.117. The van der Waals surface area contributed by atoms with Crippen molar-refractivity contribution in [1.82, 2.24) is 0 Å². The molecule has 0 saturated carbocycles. The third-order valence-corrected chi connectivity index (χ3v) is 3.33. The topological polar surface area (TPSA) is 35.5 Å². The number of methoxy groups -OCH3 is 2. The van der Waals surface area contributed by atoms with E-state index in [1.807, 2.05) is 49.4 Å². The summed E-state index contributed by atoms with van der Waals surface area (Å²) in [6, 6.07) is 13.6. The molecule has 0 fully saturated rings. The molecule has 0 aliphatic rings. The third-order valence-electron chi connectivity index (χ3n) is 3.33. The largest absolute Gasteiger partial charge is 0.493 e. The molecule has 0 aliphatic heterocycles. The van der Waals surface area contributed by atoms with Crippen molar-refractivity contribution in [2.45, 2.75) is 19.8 Å². The van der Waals surface area contributed by atoms with Gasteiger partial charge in [0.05, 0.1) is 14.2 Å². The van der Waals surface area contributed by atoms with E-state index < -0.39 is 0 Å². The molecule has 2 aromatic rings. The second-order valence-corrected chi connectivity index (χ2v) is 5.07. The lowest BCUT2D eigenvalue weighted by Crippen LogP contribution is -2.07. The highest BCUT2D eigenvalue weighted by Gasteiger charge is 2.09. The van der Waals surface area contributed by atoms with Crippen LogP contribution in [0.2, 0.25) is 0 Å². The van der Waals surface area contributed by atoms with Crippen molar-refractivity contribution in [1.29, 1.82) is 0 Å². The van der Waals surface area contributed by atoms with Crippen LogP contribution in [-0.4, -0.2) is 20.0 Å². The van der Waals surface area contributed by atoms with Crippen molar-refractivity contribution < 1.29 is 14.3 Å². The molecule has 2 rings (SSSR count). The van der Waals surface area contributed by atoms with Gasteiger partial charge in [-0.25, -0.2) is 0 Å². The zero-order valence-corrected chi connectivity index (χ0v) is 12.7. The summed E-state index contributed by atoms with van der Waals surface area (Å²) >= 11 is 0. The average Bonchev–Trinajstić information content (AvgIpc) is 2.47. The third kappa shape index (κ3) is 4.09. The first-order chi connectivity index (χ1) is 10.1. The van der Waals surface area contributed by atoms with Crippen LogP contribution in [0.3, 0.4) is 0 Å². The molecule has 0 bridgehead atoms. The monoisotopic (exact) mass is 284 g/mol. The number of aryl methyl sites for hydroxylation is 1. The average molecular weight is 284 g/mol. The fraction of sp³-hybridized carbons (Fsp3) is 0.278. The molecule has 0 amide bonds. The molecule has 0 radical (unpaired) electrons. The first-order valence-corrected chi connectivity index (χ1v) is 6.90. The summed E-state index contributed by atoms with van der Waals surface area (Å²) in [5.74, 6) is 1.51. The minimum Gasteiger partial charge on any atom is -0.493 e. The molecule has 110 valence electrons. The highest BCUT2D eigenvalue weighted by atomic mass is 16.5. The van der Waals surface area contributed by atoms with E-state index in [4.69, 9.17) is 9.47 Å². The molecule has 0 heterocycles. The van der Waals surface area contributed by atoms with Crippen LogP contribution in [-0.2, 0) is 17.6 Å². The maximum atomic E-state index is 12.2. The maximum Gasteiger partial charge on any atom is 0.161 e. The van der Waals surface area contributed by atoms with Gasteiger partial charge < -0.3 is 9.47 Å². The minimum absolute atomic E-state index is 0.188. The van der Waals surface area contributed by atoms with Crippen LogP contribution < -0.4 is 9.47 Å². The van der Waals surface area contributed by atoms with Gasteiger partial charge in [0.2, 0.25) is 0 Å². The second-order valence-electron chi connectivity index (χ2n) is 5.07. The fourth-order valence-corrected chi connectivity index (χ4v) is 2.33. The number of benzene rings is 2. The van der Waals surface area contributed by atoms with Crippen LogP contribution in [0, 0.1) is 6.92 Å². The number of hydrogen-bond acceptors (Lipinski definition) is 3. The van der Waals surface area contributed by atoms with Crippen molar-refractivity contribution in [3.8, 4) is 11.5 Å². The highest BCUT2D eigenvalue weighted by molar-refractivity contribution is 5.83. The molecular weight excluding hydrogens is 264 g/mol. The molecule has 2 aromatic carbocycles. The van der Waals surface area contributed by atoms with Crippen LogP contribution in [0.5, 0.6) is 11.5 Å². The molecule has 0 unspecified atom stereocenters. The zero-order chi connectivity index (χ0) is 15.2. The molecule has 0 N–H and O–H groups in total. The number of carbonyl (C=O) groups is 1. The summed E-state index contributed by atoms with van der Waals surface area (Å²) in [7, 11) is 3.19. The fourth-order valence-electron chi connectivity index (χ4n) is 2.33. The van der Waals surface area contributed by atoms with Crippen molar-refractivity contribution in [2.75, 3.05) is 14.2 Å². The highest BCUT2D eigenvalue weighted by Crippen LogP contribution is 2.27. The number of ketones is 1. The van der Waals surface area contributed by atoms with Crippen LogP contribution >= 0.6 is 0 Å². The zero-order valence-electron chi connectivity index (χ0n) is 12.7. The first kappa shape index (κ1) is 15.1. The molecule has 0 atom stereocenters. The maximum absolute atomic E-state index is 12.2. The first-order valence-electron chi connectivity index (χ1n) is 6.90. The summed E-state index contributed by atoms with van der Waals surface area (Å²) in [5.41, 5.74) is 3.16. The van der Waals surface area contributed by atoms with E-state index in [-0.39, 0.29) is 5.78 Å². The predicted octanol–water partition coefficient (Wildman–Crippen LogP) is 3.37. The van der Waals surface area contributed by atoms with E-state index in [0.717, 1.165) is 11.1 Å². The van der Waals surface area contributed by atoms with Crippen LogP contribution in [0.4, 0.5) is 0 Å². The predicted molar refractivity (Wildman–Crippen MR) is 83.1 cm³/mol. The Bertz CT molecular complexity index is 632. The molecular formula is C18H20O3. The standard InChI is InChI=1S/C18H20O3/c1-13-5-4-6-14(9-13)10-16(19)11-15-7-8-17(20-2)18(12-15)21-3/h4-9,12H,10-11H2,1-3H3. The number of carbonyl (C=O) groups excluding carboxylic acids is 1. The molecule has 0 aromatic heterocycles. The molecule has 3 nitrogen and oxygen atoms in total. The van der Waals surface area contributed by atoms with Gasteiger partial charge in [-0.3, -0.25) is 4.79 Å². The Labute approximate surface area is 125 Å². The lowest BCUT2D eigenvalue weighted by atomic mass is 10.0. The van der Waals surface area contributed by atoms with Crippen LogP contribution in [0.25, 0.3) is 0 Å². The molecule has 3 heteroatoms. The second kappa shape index (κ2) is 6.93. The Morgan fingerprint density at radius 2 is 1.57 bits per heavy atom. The van der Waals surface area contributed by atoms with Gasteiger partial charge >= 0.3 is 0 Å². The van der Waals surface area contributed by atoms with Gasteiger partial charge in [-0.05, 0) is 30.2 Å². The Kier molecular flexibility index (Phi) is 4.99. The summed E-state index contributed by atoms with van der Waals surface area (Å²) in [4.78, 5) is 12.2. The van der Waals surface area contributed by atoms with E-state index in [9.17, 15) is 4.79 Å². The minimum atomic E-state index is 0.188. The van der Waals surface area contributed by atoms with Gasteiger partial charge in [-0.15, -0.1) is 0 Å². The summed E-state index contributed by atoms with van der Waals surface area (Å²) in [6.45, 7) is 2.03. The summed E-state index contributed by atoms with van der Waals surface area (Å²) < 4.78 is 10.5. The van der Waals surface area contributed by atoms with Crippen molar-refractivity contribution in [3.63, 3.8) is 0 Å². The summed E-state index contributed by atoms with van der Waals surface area (Å²) in [5, 5.41) is 0. The molecule has 0 saturated heterocycles. The smallest absolute Gasteiger partial charge is 0.161 e. The van der Waals surface area contributed by atoms with E-state index >= 15 is 0 Å². The van der Waals surface area contributed by atoms with Crippen molar-refractivity contribution in [3.05, 3.63) is 59.2 Å². The number of hydrogen-bond donors (Lipinski definition) is 0. The van der Waals surface area contributed by atoms with E-state index in [1.165, 1.54) is 5.56 Å². The van der Waals surface area contributed by atoms with Gasteiger partial charge in [-0.1, -0.05) is 35.9 Å². The normalized spacial score (nSPS) is 10.2. The number of rotatable bonds is 6. The Morgan fingerprint density at radius 1 is 0.905 bits per heavy atom. The number of Topliss-reactive ketones (excluding diaryl/α,β-unsaturated/α-hetero) is 1. The Balaban J connectivity index is 2.06. The van der Waals surface area contributed by atoms with E-state index in [0.29, 0.717) is 24.3 Å². The molecule has 0 aliphatic carbocycles. The van der Waals surface area contributed by atoms with Crippen molar-refractivity contribution in [2.24, 2.45) is 0 Å². The van der Waals surface area contributed by atoms with Gasteiger partial charge in [0.1, 0.15) is 5.78 Å².